The van der Waals surface area contributed by atoms with Crippen LogP contribution in [0.1, 0.15) is 23.7 Å². The maximum absolute atomic E-state index is 13.4. The molecule has 4 rings (SSSR count). The van der Waals surface area contributed by atoms with E-state index >= 15 is 0 Å². The van der Waals surface area contributed by atoms with Gasteiger partial charge in [-0.15, -0.1) is 0 Å². The van der Waals surface area contributed by atoms with Gasteiger partial charge in [0.05, 0.1) is 18.7 Å². The third-order valence-electron chi connectivity index (χ3n) is 4.88. The number of benzene rings is 1. The Labute approximate surface area is 158 Å². The highest BCUT2D eigenvalue weighted by Crippen LogP contribution is 2.32. The molecule has 0 bridgehead atoms. The van der Waals surface area contributed by atoms with Gasteiger partial charge >= 0.3 is 0 Å². The monoisotopic (exact) mass is 390 g/mol. The van der Waals surface area contributed by atoms with Crippen molar-refractivity contribution in [1.82, 2.24) is 19.8 Å². The molecule has 0 fully saturated rings. The smallest absolute Gasteiger partial charge is 0.227 e. The molecule has 3 aromatic rings. The number of carbonyl (C=O) groups excluding carboxylic acids is 1. The lowest BCUT2D eigenvalue weighted by Gasteiger charge is -2.33. The number of carbonyl (C=O) groups is 1. The lowest BCUT2D eigenvalue weighted by Crippen LogP contribution is -2.43. The minimum atomic E-state index is -1.54. The van der Waals surface area contributed by atoms with E-state index < -0.39 is 17.5 Å². The van der Waals surface area contributed by atoms with Crippen molar-refractivity contribution in [2.75, 3.05) is 0 Å². The Kier molecular flexibility index (Phi) is 4.44. The molecule has 9 heteroatoms. The molecule has 146 valence electrons. The molecule has 2 aromatic heterocycles. The van der Waals surface area contributed by atoms with Gasteiger partial charge < -0.3 is 9.42 Å². The van der Waals surface area contributed by atoms with Crippen molar-refractivity contribution in [2.24, 2.45) is 7.05 Å². The topological polar surface area (TPSA) is 64.2 Å². The Hall–Kier alpha value is -3.10. The van der Waals surface area contributed by atoms with Gasteiger partial charge in [-0.2, -0.15) is 5.10 Å². The van der Waals surface area contributed by atoms with E-state index in [1.165, 1.54) is 0 Å². The van der Waals surface area contributed by atoms with E-state index in [0.29, 0.717) is 17.9 Å². The van der Waals surface area contributed by atoms with Crippen molar-refractivity contribution in [1.29, 1.82) is 0 Å². The summed E-state index contributed by atoms with van der Waals surface area (Å²) in [5.41, 5.74) is 2.22. The van der Waals surface area contributed by atoms with Gasteiger partial charge in [-0.25, -0.2) is 13.2 Å². The van der Waals surface area contributed by atoms with Crippen molar-refractivity contribution in [3.63, 3.8) is 0 Å². The number of rotatable bonds is 3. The standard InChI is InChI=1S/C19H17F3N4O2/c1-10-5-16-12(19(28-24-16)15-3-4-25(2)23-15)9-26(10)17(27)8-11-6-13(20)18(22)14(21)7-11/h3-4,6-7,10H,5,8-9H2,1-2H3/t10-/m0/s1. The summed E-state index contributed by atoms with van der Waals surface area (Å²) in [6.07, 6.45) is 2.03. The number of amides is 1. The maximum Gasteiger partial charge on any atom is 0.227 e. The third kappa shape index (κ3) is 3.17. The molecule has 0 radical (unpaired) electrons. The van der Waals surface area contributed by atoms with Crippen LogP contribution in [0.2, 0.25) is 0 Å². The third-order valence-corrected chi connectivity index (χ3v) is 4.88. The van der Waals surface area contributed by atoms with E-state index in [0.717, 1.165) is 23.4 Å². The van der Waals surface area contributed by atoms with E-state index in [4.69, 9.17) is 4.52 Å². The fraction of sp³-hybridized carbons (Fsp3) is 0.316. The molecule has 1 atom stereocenters. The van der Waals surface area contributed by atoms with E-state index in [1.54, 1.807) is 28.9 Å². The number of aryl methyl sites for hydroxylation is 1. The van der Waals surface area contributed by atoms with Crippen molar-refractivity contribution in [3.05, 3.63) is 58.7 Å². The Balaban J connectivity index is 1.58. The molecule has 0 unspecified atom stereocenters. The van der Waals surface area contributed by atoms with Gasteiger partial charge in [0, 0.05) is 31.3 Å². The van der Waals surface area contributed by atoms with Gasteiger partial charge in [-0.3, -0.25) is 9.48 Å². The van der Waals surface area contributed by atoms with Gasteiger partial charge in [-0.05, 0) is 30.7 Å². The molecule has 3 heterocycles. The molecular formula is C19H17F3N4O2. The van der Waals surface area contributed by atoms with E-state index in [9.17, 15) is 18.0 Å². The maximum atomic E-state index is 13.4. The molecular weight excluding hydrogens is 373 g/mol. The van der Waals surface area contributed by atoms with Crippen LogP contribution in [0.15, 0.2) is 28.9 Å². The van der Waals surface area contributed by atoms with E-state index in [2.05, 4.69) is 10.3 Å². The van der Waals surface area contributed by atoms with Crippen LogP contribution in [-0.2, 0) is 31.2 Å². The lowest BCUT2D eigenvalue weighted by atomic mass is 9.98. The predicted molar refractivity (Wildman–Crippen MR) is 92.4 cm³/mol. The van der Waals surface area contributed by atoms with E-state index in [1.807, 2.05) is 6.92 Å². The number of nitrogens with zero attached hydrogens (tertiary/aromatic N) is 4. The highest BCUT2D eigenvalue weighted by molar-refractivity contribution is 5.79. The fourth-order valence-electron chi connectivity index (χ4n) is 3.44. The van der Waals surface area contributed by atoms with Crippen LogP contribution in [0.4, 0.5) is 13.2 Å². The molecule has 0 saturated carbocycles. The zero-order chi connectivity index (χ0) is 20.0. The first-order chi connectivity index (χ1) is 13.3. The number of halogens is 3. The van der Waals surface area contributed by atoms with E-state index in [-0.39, 0.29) is 30.5 Å². The normalized spacial score (nSPS) is 16.3. The molecule has 1 aliphatic heterocycles. The average molecular weight is 390 g/mol. The van der Waals surface area contributed by atoms with Crippen LogP contribution in [0.25, 0.3) is 11.5 Å². The molecule has 1 aromatic carbocycles. The van der Waals surface area contributed by atoms with Crippen molar-refractivity contribution in [3.8, 4) is 11.5 Å². The van der Waals surface area contributed by atoms with Crippen molar-refractivity contribution >= 4 is 5.91 Å². The Bertz CT molecular complexity index is 1040. The van der Waals surface area contributed by atoms with Crippen molar-refractivity contribution in [2.45, 2.75) is 32.4 Å². The average Bonchev–Trinajstić information content (AvgIpc) is 3.24. The van der Waals surface area contributed by atoms with Crippen molar-refractivity contribution < 1.29 is 22.5 Å². The first-order valence-electron chi connectivity index (χ1n) is 8.73. The highest BCUT2D eigenvalue weighted by Gasteiger charge is 2.32. The van der Waals surface area contributed by atoms with Crippen LogP contribution >= 0.6 is 0 Å². The summed E-state index contributed by atoms with van der Waals surface area (Å²) < 4.78 is 47.1. The van der Waals surface area contributed by atoms with Crippen LogP contribution in [-0.4, -0.2) is 31.8 Å². The van der Waals surface area contributed by atoms with Gasteiger partial charge in [0.25, 0.3) is 0 Å². The van der Waals surface area contributed by atoms with Crippen LogP contribution in [0.5, 0.6) is 0 Å². The van der Waals surface area contributed by atoms with Crippen LogP contribution < -0.4 is 0 Å². The summed E-state index contributed by atoms with van der Waals surface area (Å²) in [6, 6.07) is 3.30. The summed E-state index contributed by atoms with van der Waals surface area (Å²) in [5.74, 6) is -3.99. The predicted octanol–water partition coefficient (Wildman–Crippen LogP) is 3.01. The quantitative estimate of drug-likeness (QED) is 0.645. The Morgan fingerprint density at radius 2 is 2.00 bits per heavy atom. The highest BCUT2D eigenvalue weighted by atomic mass is 19.2. The second-order valence-electron chi connectivity index (χ2n) is 6.94. The van der Waals surface area contributed by atoms with Crippen LogP contribution in [0, 0.1) is 17.5 Å². The molecule has 0 spiro atoms. The number of aromatic nitrogens is 3. The number of hydrogen-bond acceptors (Lipinski definition) is 4. The molecule has 0 aliphatic carbocycles. The Morgan fingerprint density at radius 1 is 1.29 bits per heavy atom. The molecule has 0 N–H and O–H groups in total. The molecule has 0 saturated heterocycles. The zero-order valence-electron chi connectivity index (χ0n) is 15.2. The second-order valence-corrected chi connectivity index (χ2v) is 6.94. The number of fused-ring (bicyclic) bond motifs is 1. The van der Waals surface area contributed by atoms with Gasteiger partial charge in [0.1, 0.15) is 5.69 Å². The minimum Gasteiger partial charge on any atom is -0.354 e. The second kappa shape index (κ2) is 6.81. The lowest BCUT2D eigenvalue weighted by molar-refractivity contribution is -0.133. The van der Waals surface area contributed by atoms with Crippen LogP contribution in [0.3, 0.4) is 0 Å². The molecule has 6 nitrogen and oxygen atoms in total. The zero-order valence-corrected chi connectivity index (χ0v) is 15.2. The molecule has 28 heavy (non-hydrogen) atoms. The summed E-state index contributed by atoms with van der Waals surface area (Å²) >= 11 is 0. The summed E-state index contributed by atoms with van der Waals surface area (Å²) in [4.78, 5) is 14.4. The fourth-order valence-corrected chi connectivity index (χ4v) is 3.44. The van der Waals surface area contributed by atoms with Gasteiger partial charge in [0.2, 0.25) is 5.91 Å². The first-order valence-corrected chi connectivity index (χ1v) is 8.73. The largest absolute Gasteiger partial charge is 0.354 e. The van der Waals surface area contributed by atoms with Gasteiger partial charge in [-0.1, -0.05) is 5.16 Å². The molecule has 1 aliphatic rings. The summed E-state index contributed by atoms with van der Waals surface area (Å²) in [7, 11) is 1.78. The summed E-state index contributed by atoms with van der Waals surface area (Å²) in [6.45, 7) is 2.11. The van der Waals surface area contributed by atoms with Gasteiger partial charge in [0.15, 0.2) is 23.2 Å². The Morgan fingerprint density at radius 3 is 2.64 bits per heavy atom. The molecule has 1 amide bonds. The SMILES string of the molecule is C[C@H]1Cc2noc(-c3ccn(C)n3)c2CN1C(=O)Cc1cc(F)c(F)c(F)c1. The summed E-state index contributed by atoms with van der Waals surface area (Å²) in [5, 5.41) is 8.41. The minimum absolute atomic E-state index is 0.0784. The number of hydrogen-bond donors (Lipinski definition) is 0. The first kappa shape index (κ1) is 18.3.